The van der Waals surface area contributed by atoms with Gasteiger partial charge in [-0.2, -0.15) is 13.2 Å². The Kier molecular flexibility index (Phi) is 10.8. The van der Waals surface area contributed by atoms with Gasteiger partial charge in [0.15, 0.2) is 0 Å². The van der Waals surface area contributed by atoms with Crippen LogP contribution in [0.4, 0.5) is 13.2 Å². The fourth-order valence-electron chi connectivity index (χ4n) is 2.83. The second-order valence-corrected chi connectivity index (χ2v) is 6.91. The topological polar surface area (TPSA) is 72.3 Å². The van der Waals surface area contributed by atoms with E-state index in [1.165, 1.54) is 13.2 Å². The lowest BCUT2D eigenvalue weighted by atomic mass is 9.95. The Bertz CT molecular complexity index is 1020. The molecule has 1 N–H and O–H groups in total. The molecule has 6 nitrogen and oxygen atoms in total. The van der Waals surface area contributed by atoms with Gasteiger partial charge < -0.3 is 15.0 Å². The van der Waals surface area contributed by atoms with Crippen molar-refractivity contribution in [2.24, 2.45) is 10.3 Å². The van der Waals surface area contributed by atoms with Crippen molar-refractivity contribution >= 4 is 23.4 Å². The van der Waals surface area contributed by atoms with Crippen molar-refractivity contribution in [3.8, 4) is 0 Å². The van der Waals surface area contributed by atoms with Gasteiger partial charge in [-0.3, -0.25) is 4.79 Å². The van der Waals surface area contributed by atoms with Crippen LogP contribution in [0.25, 0.3) is 5.57 Å². The normalized spacial score (nSPS) is 11.8. The summed E-state index contributed by atoms with van der Waals surface area (Å²) in [5, 5.41) is 10.2. The Morgan fingerprint density at radius 3 is 2.21 bits per heavy atom. The largest absolute Gasteiger partial charge is 0.416 e. The fourth-order valence-corrected chi connectivity index (χ4v) is 2.83. The van der Waals surface area contributed by atoms with Crippen molar-refractivity contribution in [2.45, 2.75) is 33.6 Å². The Balaban J connectivity index is 0.00000125. The van der Waals surface area contributed by atoms with Gasteiger partial charge >= 0.3 is 6.18 Å². The van der Waals surface area contributed by atoms with Gasteiger partial charge in [-0.05, 0) is 44.0 Å². The Morgan fingerprint density at radius 2 is 1.67 bits per heavy atom. The zero-order valence-electron chi connectivity index (χ0n) is 19.3. The molecule has 0 aromatic heterocycles. The zero-order valence-corrected chi connectivity index (χ0v) is 19.3. The van der Waals surface area contributed by atoms with Crippen LogP contribution in [-0.2, 0) is 27.3 Å². The molecular formula is C24H28F3N3O3. The molecule has 0 fully saturated rings. The van der Waals surface area contributed by atoms with Gasteiger partial charge in [0, 0.05) is 18.2 Å². The number of alkyl halides is 3. The smallest absolute Gasteiger partial charge is 0.399 e. The van der Waals surface area contributed by atoms with Crippen molar-refractivity contribution in [1.82, 2.24) is 5.32 Å². The fraction of sp³-hybridized carbons (Fsp3) is 0.292. The molecule has 0 saturated carbocycles. The summed E-state index contributed by atoms with van der Waals surface area (Å²) >= 11 is 0. The maximum atomic E-state index is 12.9. The molecule has 0 saturated heterocycles. The van der Waals surface area contributed by atoms with Crippen LogP contribution in [0.1, 0.15) is 48.6 Å². The highest BCUT2D eigenvalue weighted by atomic mass is 19.4. The maximum Gasteiger partial charge on any atom is 0.416 e. The van der Waals surface area contributed by atoms with Gasteiger partial charge in [0.1, 0.15) is 13.7 Å². The lowest BCUT2D eigenvalue weighted by molar-refractivity contribution is -0.137. The first-order chi connectivity index (χ1) is 15.6. The minimum atomic E-state index is -4.41. The average molecular weight is 464 g/mol. The van der Waals surface area contributed by atoms with E-state index < -0.39 is 11.7 Å². The Labute approximate surface area is 191 Å². The van der Waals surface area contributed by atoms with Gasteiger partial charge in [0.25, 0.3) is 0 Å². The summed E-state index contributed by atoms with van der Waals surface area (Å²) < 4.78 is 38.7. The molecule has 0 heterocycles. The van der Waals surface area contributed by atoms with E-state index in [2.05, 4.69) is 22.2 Å². The summed E-state index contributed by atoms with van der Waals surface area (Å²) in [6.45, 7) is 9.37. The van der Waals surface area contributed by atoms with Crippen molar-refractivity contribution in [1.29, 1.82) is 0 Å². The van der Waals surface area contributed by atoms with E-state index in [1.807, 2.05) is 32.0 Å². The average Bonchev–Trinajstić information content (AvgIpc) is 2.78. The van der Waals surface area contributed by atoms with E-state index in [0.29, 0.717) is 23.4 Å². The number of benzene rings is 2. The Morgan fingerprint density at radius 1 is 1.06 bits per heavy atom. The van der Waals surface area contributed by atoms with Crippen LogP contribution in [0.2, 0.25) is 0 Å². The number of halogens is 3. The number of nitrogens with zero attached hydrogens (tertiary/aromatic N) is 2. The zero-order chi connectivity index (χ0) is 25.0. The van der Waals surface area contributed by atoms with Gasteiger partial charge in [-0.25, -0.2) is 0 Å². The highest BCUT2D eigenvalue weighted by Crippen LogP contribution is 2.29. The van der Waals surface area contributed by atoms with Crippen LogP contribution in [0.5, 0.6) is 0 Å². The number of hydrogen-bond donors (Lipinski definition) is 1. The number of oxime groups is 2. The van der Waals surface area contributed by atoms with E-state index in [9.17, 15) is 13.2 Å². The first-order valence-corrected chi connectivity index (χ1v) is 9.87. The maximum absolute atomic E-state index is 12.9. The molecular weight excluding hydrogens is 435 g/mol. The molecule has 0 radical (unpaired) electrons. The second kappa shape index (κ2) is 13.0. The SMILES string of the molecule is C=C(C)c1cccc(/C(C)=N\OC)c1CO/N=C(\C)c1cccc(C(F)(F)F)c1.CNC=O. The minimum absolute atomic E-state index is 0.102. The third-order valence-electron chi connectivity index (χ3n) is 4.39. The third-order valence-corrected chi connectivity index (χ3v) is 4.39. The highest BCUT2D eigenvalue weighted by Gasteiger charge is 2.30. The van der Waals surface area contributed by atoms with Crippen LogP contribution in [0.3, 0.4) is 0 Å². The van der Waals surface area contributed by atoms with Gasteiger partial charge in [-0.1, -0.05) is 52.8 Å². The number of allylic oxidation sites excluding steroid dienone is 1. The number of rotatable bonds is 8. The molecule has 0 atom stereocenters. The van der Waals surface area contributed by atoms with Crippen molar-refractivity contribution in [3.05, 3.63) is 76.9 Å². The first-order valence-electron chi connectivity index (χ1n) is 9.87. The van der Waals surface area contributed by atoms with Gasteiger partial charge in [0.05, 0.1) is 17.0 Å². The standard InChI is InChI=1S/C22H23F3N2O2.C2H5NO/c1-14(2)19-10-7-11-20(16(4)26-28-5)21(19)13-29-27-15(3)17-8-6-9-18(12-17)22(23,24)25;1-3-2-4/h6-12H,1,13H2,2-5H3;2H,1H3,(H,3,4)/b26-16-,27-15+;. The highest BCUT2D eigenvalue weighted by molar-refractivity contribution is 6.00. The molecule has 0 aliphatic rings. The predicted molar refractivity (Wildman–Crippen MR) is 124 cm³/mol. The lowest BCUT2D eigenvalue weighted by Crippen LogP contribution is -2.08. The van der Waals surface area contributed by atoms with Crippen LogP contribution in [-0.4, -0.2) is 32.0 Å². The van der Waals surface area contributed by atoms with E-state index in [-0.39, 0.29) is 6.61 Å². The van der Waals surface area contributed by atoms with Crippen molar-refractivity contribution in [2.75, 3.05) is 14.2 Å². The summed E-state index contributed by atoms with van der Waals surface area (Å²) in [6.07, 6.45) is -3.79. The molecule has 0 bridgehead atoms. The monoisotopic (exact) mass is 463 g/mol. The molecule has 0 unspecified atom stereocenters. The summed E-state index contributed by atoms with van der Waals surface area (Å²) in [5.41, 5.74) is 3.98. The first kappa shape index (κ1) is 27.4. The summed E-state index contributed by atoms with van der Waals surface area (Å²) in [7, 11) is 3.03. The van der Waals surface area contributed by atoms with Crippen molar-refractivity contribution < 1.29 is 27.6 Å². The predicted octanol–water partition coefficient (Wildman–Crippen LogP) is 5.41. The molecule has 33 heavy (non-hydrogen) atoms. The van der Waals surface area contributed by atoms with Gasteiger partial charge in [-0.15, -0.1) is 0 Å². The molecule has 2 aromatic rings. The molecule has 9 heteroatoms. The molecule has 0 aliphatic carbocycles. The van der Waals surface area contributed by atoms with Crippen molar-refractivity contribution in [3.63, 3.8) is 0 Å². The van der Waals surface area contributed by atoms with Gasteiger partial charge in [0.2, 0.25) is 6.41 Å². The van der Waals surface area contributed by atoms with Crippen LogP contribution < -0.4 is 5.32 Å². The number of hydrogen-bond acceptors (Lipinski definition) is 5. The second-order valence-electron chi connectivity index (χ2n) is 6.91. The summed E-state index contributed by atoms with van der Waals surface area (Å²) in [6, 6.07) is 10.6. The van der Waals surface area contributed by atoms with E-state index >= 15 is 0 Å². The van der Waals surface area contributed by atoms with E-state index in [0.717, 1.165) is 34.4 Å². The summed E-state index contributed by atoms with van der Waals surface area (Å²) in [4.78, 5) is 19.4. The molecule has 2 rings (SSSR count). The Hall–Kier alpha value is -3.62. The summed E-state index contributed by atoms with van der Waals surface area (Å²) in [5.74, 6) is 0. The van der Waals surface area contributed by atoms with Crippen LogP contribution >= 0.6 is 0 Å². The molecule has 2 aromatic carbocycles. The van der Waals surface area contributed by atoms with E-state index in [4.69, 9.17) is 14.5 Å². The number of amides is 1. The van der Waals surface area contributed by atoms with Crippen LogP contribution in [0, 0.1) is 0 Å². The number of carbonyl (C=O) groups excluding carboxylic acids is 1. The number of carbonyl (C=O) groups is 1. The molecule has 0 aliphatic heterocycles. The van der Waals surface area contributed by atoms with Crippen LogP contribution in [0.15, 0.2) is 59.4 Å². The quantitative estimate of drug-likeness (QED) is 0.323. The molecule has 178 valence electrons. The molecule has 0 spiro atoms. The minimum Gasteiger partial charge on any atom is -0.399 e. The lowest BCUT2D eigenvalue weighted by Gasteiger charge is -2.14. The number of nitrogens with one attached hydrogen (secondary N) is 1. The third kappa shape index (κ3) is 8.44. The molecule has 1 amide bonds. The van der Waals surface area contributed by atoms with E-state index in [1.54, 1.807) is 20.0 Å².